The van der Waals surface area contributed by atoms with E-state index in [1.807, 2.05) is 6.20 Å². The minimum atomic E-state index is 0.260. The number of H-pyrrole nitrogens is 1. The van der Waals surface area contributed by atoms with Crippen molar-refractivity contribution >= 4 is 11.3 Å². The van der Waals surface area contributed by atoms with Crippen molar-refractivity contribution in [3.8, 4) is 10.6 Å². The van der Waals surface area contributed by atoms with Crippen molar-refractivity contribution in [2.75, 3.05) is 27.2 Å². The highest BCUT2D eigenvalue weighted by Gasteiger charge is 2.18. The monoisotopic (exact) mass is 292 g/mol. The van der Waals surface area contributed by atoms with Crippen LogP contribution in [0.4, 0.5) is 0 Å². The summed E-state index contributed by atoms with van der Waals surface area (Å²) in [6.45, 7) is 7.48. The zero-order valence-corrected chi connectivity index (χ0v) is 13.5. The van der Waals surface area contributed by atoms with Crippen molar-refractivity contribution in [2.24, 2.45) is 5.41 Å². The number of hydrogen-bond donors (Lipinski definition) is 2. The lowest BCUT2D eigenvalue weighted by atomic mass is 9.93. The number of nitrogens with zero attached hydrogens (tertiary/aromatic N) is 2. The lowest BCUT2D eigenvalue weighted by molar-refractivity contribution is 0.232. The topological polar surface area (TPSA) is 44.0 Å². The zero-order valence-electron chi connectivity index (χ0n) is 12.7. The van der Waals surface area contributed by atoms with E-state index in [9.17, 15) is 0 Å². The average molecular weight is 292 g/mol. The van der Waals surface area contributed by atoms with Crippen LogP contribution in [0.15, 0.2) is 23.7 Å². The highest BCUT2D eigenvalue weighted by molar-refractivity contribution is 7.13. The second-order valence-corrected chi connectivity index (χ2v) is 7.20. The van der Waals surface area contributed by atoms with Gasteiger partial charge in [0.05, 0.1) is 16.8 Å². The minimum Gasteiger partial charge on any atom is -0.312 e. The Labute approximate surface area is 125 Å². The molecule has 110 valence electrons. The lowest BCUT2D eigenvalue weighted by Gasteiger charge is -2.28. The smallest absolute Gasteiger partial charge is 0.0794 e. The van der Waals surface area contributed by atoms with E-state index in [2.05, 4.69) is 65.9 Å². The van der Waals surface area contributed by atoms with Crippen molar-refractivity contribution in [1.29, 1.82) is 0 Å². The Bertz CT molecular complexity index is 514. The second kappa shape index (κ2) is 6.52. The van der Waals surface area contributed by atoms with E-state index in [0.29, 0.717) is 0 Å². The maximum absolute atomic E-state index is 4.18. The van der Waals surface area contributed by atoms with Gasteiger partial charge in [0, 0.05) is 25.2 Å². The van der Waals surface area contributed by atoms with Gasteiger partial charge in [0.1, 0.15) is 0 Å². The van der Waals surface area contributed by atoms with Crippen molar-refractivity contribution in [3.05, 3.63) is 29.3 Å². The molecule has 2 N–H and O–H groups in total. The van der Waals surface area contributed by atoms with Gasteiger partial charge in [-0.25, -0.2) is 0 Å². The third-order valence-corrected chi connectivity index (χ3v) is 4.04. The van der Waals surface area contributed by atoms with Crippen LogP contribution in [0, 0.1) is 5.41 Å². The Morgan fingerprint density at radius 3 is 2.85 bits per heavy atom. The number of aromatic nitrogens is 2. The molecule has 0 aromatic carbocycles. The standard InChI is InChI=1S/C15H24N4S/c1-15(2,11-19(3)4)10-16-8-12-9-17-18-14(12)13-6-5-7-20-13/h5-7,9,16H,8,10-11H2,1-4H3,(H,17,18). The van der Waals surface area contributed by atoms with Gasteiger partial charge in [0.2, 0.25) is 0 Å². The van der Waals surface area contributed by atoms with E-state index in [0.717, 1.165) is 25.3 Å². The van der Waals surface area contributed by atoms with E-state index in [1.165, 1.54) is 10.4 Å². The second-order valence-electron chi connectivity index (χ2n) is 6.25. The molecule has 20 heavy (non-hydrogen) atoms. The fraction of sp³-hybridized carbons (Fsp3) is 0.533. The van der Waals surface area contributed by atoms with Crippen LogP contribution in [-0.4, -0.2) is 42.3 Å². The Balaban J connectivity index is 1.91. The van der Waals surface area contributed by atoms with Crippen LogP contribution in [0.1, 0.15) is 19.4 Å². The molecule has 5 heteroatoms. The van der Waals surface area contributed by atoms with E-state index in [1.54, 1.807) is 11.3 Å². The van der Waals surface area contributed by atoms with Gasteiger partial charge < -0.3 is 10.2 Å². The van der Waals surface area contributed by atoms with Gasteiger partial charge >= 0.3 is 0 Å². The summed E-state index contributed by atoms with van der Waals surface area (Å²) in [6, 6.07) is 4.19. The summed E-state index contributed by atoms with van der Waals surface area (Å²) in [6.07, 6.45) is 1.92. The SMILES string of the molecule is CN(C)CC(C)(C)CNCc1cn[nH]c1-c1cccs1. The number of hydrogen-bond acceptors (Lipinski definition) is 4. The Morgan fingerprint density at radius 2 is 2.20 bits per heavy atom. The molecule has 0 radical (unpaired) electrons. The molecule has 2 rings (SSSR count). The van der Waals surface area contributed by atoms with E-state index < -0.39 is 0 Å². The Morgan fingerprint density at radius 1 is 1.40 bits per heavy atom. The fourth-order valence-electron chi connectivity index (χ4n) is 2.53. The minimum absolute atomic E-state index is 0.260. The molecule has 0 bridgehead atoms. The molecule has 0 saturated heterocycles. The molecule has 0 aliphatic carbocycles. The first-order valence-corrected chi connectivity index (χ1v) is 7.77. The maximum atomic E-state index is 4.18. The number of rotatable bonds is 7. The van der Waals surface area contributed by atoms with Crippen LogP contribution >= 0.6 is 11.3 Å². The quantitative estimate of drug-likeness (QED) is 0.825. The lowest BCUT2D eigenvalue weighted by Crippen LogP contribution is -2.37. The Hall–Kier alpha value is -1.17. The Kier molecular flexibility index (Phi) is 4.96. The highest BCUT2D eigenvalue weighted by atomic mass is 32.1. The van der Waals surface area contributed by atoms with Crippen molar-refractivity contribution in [2.45, 2.75) is 20.4 Å². The number of nitrogens with one attached hydrogen (secondary N) is 2. The molecule has 2 heterocycles. The van der Waals surface area contributed by atoms with Crippen LogP contribution in [0.5, 0.6) is 0 Å². The first-order chi connectivity index (χ1) is 9.48. The first kappa shape index (κ1) is 15.2. The van der Waals surface area contributed by atoms with Crippen LogP contribution in [-0.2, 0) is 6.54 Å². The van der Waals surface area contributed by atoms with Crippen molar-refractivity contribution in [3.63, 3.8) is 0 Å². The summed E-state index contributed by atoms with van der Waals surface area (Å²) in [4.78, 5) is 3.48. The molecule has 2 aromatic rings. The zero-order chi connectivity index (χ0) is 14.6. The van der Waals surface area contributed by atoms with E-state index in [4.69, 9.17) is 0 Å². The van der Waals surface area contributed by atoms with Crippen LogP contribution in [0.2, 0.25) is 0 Å². The van der Waals surface area contributed by atoms with Crippen LogP contribution in [0.25, 0.3) is 10.6 Å². The van der Waals surface area contributed by atoms with Gasteiger partial charge in [-0.1, -0.05) is 19.9 Å². The molecule has 0 aliphatic rings. The fourth-order valence-corrected chi connectivity index (χ4v) is 3.28. The molecule has 0 fully saturated rings. The maximum Gasteiger partial charge on any atom is 0.0794 e. The van der Waals surface area contributed by atoms with Gasteiger partial charge in [-0.2, -0.15) is 5.10 Å². The van der Waals surface area contributed by atoms with Gasteiger partial charge in [0.15, 0.2) is 0 Å². The largest absolute Gasteiger partial charge is 0.312 e. The third-order valence-electron chi connectivity index (χ3n) is 3.15. The van der Waals surface area contributed by atoms with Crippen LogP contribution < -0.4 is 5.32 Å². The number of aromatic amines is 1. The summed E-state index contributed by atoms with van der Waals surface area (Å²) < 4.78 is 0. The summed E-state index contributed by atoms with van der Waals surface area (Å²) in [5.74, 6) is 0. The molecule has 0 atom stereocenters. The molecule has 0 saturated carbocycles. The summed E-state index contributed by atoms with van der Waals surface area (Å²) >= 11 is 1.74. The summed E-state index contributed by atoms with van der Waals surface area (Å²) in [5.41, 5.74) is 2.63. The van der Waals surface area contributed by atoms with Crippen molar-refractivity contribution in [1.82, 2.24) is 20.4 Å². The molecular weight excluding hydrogens is 268 g/mol. The average Bonchev–Trinajstić information content (AvgIpc) is 2.95. The molecule has 0 aliphatic heterocycles. The summed E-state index contributed by atoms with van der Waals surface area (Å²) in [5, 5.41) is 12.9. The third kappa shape index (κ3) is 4.16. The molecule has 0 amide bonds. The highest BCUT2D eigenvalue weighted by Crippen LogP contribution is 2.25. The van der Waals surface area contributed by atoms with Gasteiger partial charge in [-0.15, -0.1) is 11.3 Å². The molecule has 0 unspecified atom stereocenters. The molecule has 4 nitrogen and oxygen atoms in total. The first-order valence-electron chi connectivity index (χ1n) is 6.89. The van der Waals surface area contributed by atoms with E-state index >= 15 is 0 Å². The van der Waals surface area contributed by atoms with E-state index in [-0.39, 0.29) is 5.41 Å². The normalized spacial score (nSPS) is 12.2. The predicted molar refractivity (Wildman–Crippen MR) is 85.9 cm³/mol. The van der Waals surface area contributed by atoms with Gasteiger partial charge in [-0.3, -0.25) is 5.10 Å². The summed E-state index contributed by atoms with van der Waals surface area (Å²) in [7, 11) is 4.24. The number of thiophene rings is 1. The predicted octanol–water partition coefficient (Wildman–Crippen LogP) is 2.82. The van der Waals surface area contributed by atoms with Crippen molar-refractivity contribution < 1.29 is 0 Å². The molecule has 2 aromatic heterocycles. The molecular formula is C15H24N4S. The van der Waals surface area contributed by atoms with Gasteiger partial charge in [-0.05, 0) is 31.0 Å². The molecule has 0 spiro atoms. The van der Waals surface area contributed by atoms with Crippen LogP contribution in [0.3, 0.4) is 0 Å². The van der Waals surface area contributed by atoms with Gasteiger partial charge in [0.25, 0.3) is 0 Å².